The van der Waals surface area contributed by atoms with Crippen molar-refractivity contribution in [2.75, 3.05) is 5.32 Å². The van der Waals surface area contributed by atoms with E-state index < -0.39 is 0 Å². The van der Waals surface area contributed by atoms with Gasteiger partial charge in [-0.25, -0.2) is 4.98 Å². The number of pyridine rings is 1. The van der Waals surface area contributed by atoms with E-state index in [1.54, 1.807) is 12.3 Å². The third kappa shape index (κ3) is 3.96. The standard InChI is InChI=1S/C20H17N3/c21-14-17-11-12-20(22-15-17)23-19(18-9-5-2-6-10-18)13-16-7-3-1-4-8-16/h1-12,15,19H,13H2,(H,22,23)/t19-/m1/s1. The molecule has 3 rings (SSSR count). The zero-order chi connectivity index (χ0) is 15.9. The largest absolute Gasteiger partial charge is 0.363 e. The normalized spacial score (nSPS) is 11.4. The number of hydrogen-bond acceptors (Lipinski definition) is 3. The predicted octanol–water partition coefficient (Wildman–Crippen LogP) is 4.35. The van der Waals surface area contributed by atoms with Crippen molar-refractivity contribution in [3.63, 3.8) is 0 Å². The molecular weight excluding hydrogens is 282 g/mol. The van der Waals surface area contributed by atoms with Crippen molar-refractivity contribution in [1.29, 1.82) is 5.26 Å². The highest BCUT2D eigenvalue weighted by Gasteiger charge is 2.12. The molecule has 0 fully saturated rings. The Balaban J connectivity index is 1.84. The molecule has 0 bridgehead atoms. The lowest BCUT2D eigenvalue weighted by atomic mass is 9.99. The highest BCUT2D eigenvalue weighted by atomic mass is 15.0. The SMILES string of the molecule is N#Cc1ccc(N[C@H](Cc2ccccc2)c2ccccc2)nc1. The van der Waals surface area contributed by atoms with Gasteiger partial charge in [0.1, 0.15) is 11.9 Å². The molecule has 1 aromatic heterocycles. The number of nitriles is 1. The second-order valence-corrected chi connectivity index (χ2v) is 5.34. The maximum Gasteiger partial charge on any atom is 0.126 e. The molecule has 1 heterocycles. The van der Waals surface area contributed by atoms with Gasteiger partial charge < -0.3 is 5.32 Å². The van der Waals surface area contributed by atoms with Gasteiger partial charge in [0, 0.05) is 6.20 Å². The number of nitrogens with zero attached hydrogens (tertiary/aromatic N) is 2. The quantitative estimate of drug-likeness (QED) is 0.762. The van der Waals surface area contributed by atoms with E-state index in [0.717, 1.165) is 12.2 Å². The molecule has 1 atom stereocenters. The summed E-state index contributed by atoms with van der Waals surface area (Å²) in [5.41, 5.74) is 3.04. The molecule has 3 nitrogen and oxygen atoms in total. The van der Waals surface area contributed by atoms with Crippen LogP contribution < -0.4 is 5.32 Å². The van der Waals surface area contributed by atoms with Gasteiger partial charge in [-0.1, -0.05) is 60.7 Å². The lowest BCUT2D eigenvalue weighted by Crippen LogP contribution is -2.14. The average molecular weight is 299 g/mol. The van der Waals surface area contributed by atoms with Crippen molar-refractivity contribution in [3.05, 3.63) is 95.7 Å². The first-order valence-corrected chi connectivity index (χ1v) is 7.57. The first-order valence-electron chi connectivity index (χ1n) is 7.57. The topological polar surface area (TPSA) is 48.7 Å². The first kappa shape index (κ1) is 14.8. The second kappa shape index (κ2) is 7.24. The number of rotatable bonds is 5. The molecule has 2 aromatic carbocycles. The van der Waals surface area contributed by atoms with Gasteiger partial charge in [0.15, 0.2) is 0 Å². The van der Waals surface area contributed by atoms with E-state index in [2.05, 4.69) is 52.8 Å². The van der Waals surface area contributed by atoms with Crippen LogP contribution in [-0.2, 0) is 6.42 Å². The van der Waals surface area contributed by atoms with Crippen LogP contribution in [0.3, 0.4) is 0 Å². The van der Waals surface area contributed by atoms with Crippen molar-refractivity contribution >= 4 is 5.82 Å². The van der Waals surface area contributed by atoms with Gasteiger partial charge in [0.05, 0.1) is 11.6 Å². The Kier molecular flexibility index (Phi) is 4.66. The molecule has 3 aromatic rings. The van der Waals surface area contributed by atoms with Crippen LogP contribution in [0.15, 0.2) is 79.0 Å². The Morgan fingerprint density at radius 1 is 0.913 bits per heavy atom. The fourth-order valence-corrected chi connectivity index (χ4v) is 2.51. The zero-order valence-corrected chi connectivity index (χ0v) is 12.7. The van der Waals surface area contributed by atoms with Gasteiger partial charge in [-0.05, 0) is 29.7 Å². The van der Waals surface area contributed by atoms with Gasteiger partial charge in [-0.2, -0.15) is 5.26 Å². The average Bonchev–Trinajstić information content (AvgIpc) is 2.63. The van der Waals surface area contributed by atoms with Gasteiger partial charge in [-0.3, -0.25) is 0 Å². The molecule has 0 amide bonds. The van der Waals surface area contributed by atoms with Crippen molar-refractivity contribution in [2.45, 2.75) is 12.5 Å². The summed E-state index contributed by atoms with van der Waals surface area (Å²) < 4.78 is 0. The monoisotopic (exact) mass is 299 g/mol. The van der Waals surface area contributed by atoms with Crippen LogP contribution in [0.1, 0.15) is 22.7 Å². The Hall–Kier alpha value is -3.12. The van der Waals surface area contributed by atoms with E-state index in [4.69, 9.17) is 5.26 Å². The van der Waals surface area contributed by atoms with Crippen molar-refractivity contribution < 1.29 is 0 Å². The summed E-state index contributed by atoms with van der Waals surface area (Å²) in [7, 11) is 0. The number of hydrogen-bond donors (Lipinski definition) is 1. The molecule has 0 unspecified atom stereocenters. The minimum absolute atomic E-state index is 0.124. The maximum absolute atomic E-state index is 8.87. The number of aromatic nitrogens is 1. The van der Waals surface area contributed by atoms with Gasteiger partial charge in [0.25, 0.3) is 0 Å². The minimum Gasteiger partial charge on any atom is -0.363 e. The Morgan fingerprint density at radius 3 is 2.22 bits per heavy atom. The summed E-state index contributed by atoms with van der Waals surface area (Å²) in [4.78, 5) is 4.32. The summed E-state index contributed by atoms with van der Waals surface area (Å²) >= 11 is 0. The Bertz CT molecular complexity index is 775. The Morgan fingerprint density at radius 2 is 1.61 bits per heavy atom. The molecule has 0 aliphatic rings. The highest BCUT2D eigenvalue weighted by Crippen LogP contribution is 2.22. The minimum atomic E-state index is 0.124. The van der Waals surface area contributed by atoms with E-state index >= 15 is 0 Å². The van der Waals surface area contributed by atoms with Crippen molar-refractivity contribution in [2.24, 2.45) is 0 Å². The first-order chi connectivity index (χ1) is 11.3. The van der Waals surface area contributed by atoms with Crippen LogP contribution >= 0.6 is 0 Å². The van der Waals surface area contributed by atoms with Crippen LogP contribution in [-0.4, -0.2) is 4.98 Å². The highest BCUT2D eigenvalue weighted by molar-refractivity contribution is 5.42. The summed E-state index contributed by atoms with van der Waals surface area (Å²) in [6.45, 7) is 0. The summed E-state index contributed by atoms with van der Waals surface area (Å²) in [6, 6.07) is 26.6. The fraction of sp³-hybridized carbons (Fsp3) is 0.100. The van der Waals surface area contributed by atoms with E-state index in [1.165, 1.54) is 11.1 Å². The smallest absolute Gasteiger partial charge is 0.126 e. The van der Waals surface area contributed by atoms with E-state index in [0.29, 0.717) is 5.56 Å². The fourth-order valence-electron chi connectivity index (χ4n) is 2.51. The molecular formula is C20H17N3. The molecule has 0 saturated carbocycles. The zero-order valence-electron chi connectivity index (χ0n) is 12.7. The molecule has 0 aliphatic carbocycles. The Labute approximate surface area is 136 Å². The van der Waals surface area contributed by atoms with E-state index in [1.807, 2.05) is 30.3 Å². The molecule has 1 N–H and O–H groups in total. The molecule has 0 radical (unpaired) electrons. The maximum atomic E-state index is 8.87. The second-order valence-electron chi connectivity index (χ2n) is 5.34. The van der Waals surface area contributed by atoms with Crippen LogP contribution in [0.25, 0.3) is 0 Å². The molecule has 112 valence electrons. The number of anilines is 1. The number of nitrogens with one attached hydrogen (secondary N) is 1. The molecule has 3 heteroatoms. The third-order valence-electron chi connectivity index (χ3n) is 3.70. The van der Waals surface area contributed by atoms with Crippen LogP contribution in [0.4, 0.5) is 5.82 Å². The van der Waals surface area contributed by atoms with Gasteiger partial charge in [-0.15, -0.1) is 0 Å². The summed E-state index contributed by atoms with van der Waals surface area (Å²) in [6.07, 6.45) is 2.46. The van der Waals surface area contributed by atoms with Crippen LogP contribution in [0.2, 0.25) is 0 Å². The lowest BCUT2D eigenvalue weighted by molar-refractivity contribution is 0.770. The van der Waals surface area contributed by atoms with Crippen molar-refractivity contribution in [1.82, 2.24) is 4.98 Å². The van der Waals surface area contributed by atoms with Crippen molar-refractivity contribution in [3.8, 4) is 6.07 Å². The molecule has 0 aliphatic heterocycles. The molecule has 0 saturated heterocycles. The van der Waals surface area contributed by atoms with Crippen LogP contribution in [0.5, 0.6) is 0 Å². The third-order valence-corrected chi connectivity index (χ3v) is 3.70. The summed E-state index contributed by atoms with van der Waals surface area (Å²) in [5, 5.41) is 12.3. The van der Waals surface area contributed by atoms with E-state index in [9.17, 15) is 0 Å². The predicted molar refractivity (Wildman–Crippen MR) is 91.9 cm³/mol. The van der Waals surface area contributed by atoms with Gasteiger partial charge >= 0.3 is 0 Å². The summed E-state index contributed by atoms with van der Waals surface area (Å²) in [5.74, 6) is 0.772. The van der Waals surface area contributed by atoms with E-state index in [-0.39, 0.29) is 6.04 Å². The molecule has 0 spiro atoms. The van der Waals surface area contributed by atoms with Gasteiger partial charge in [0.2, 0.25) is 0 Å². The number of benzene rings is 2. The lowest BCUT2D eigenvalue weighted by Gasteiger charge is -2.20. The molecule has 23 heavy (non-hydrogen) atoms. The van der Waals surface area contributed by atoms with Crippen LogP contribution in [0, 0.1) is 11.3 Å².